The van der Waals surface area contributed by atoms with Crippen molar-refractivity contribution in [2.75, 3.05) is 33.9 Å². The van der Waals surface area contributed by atoms with Crippen molar-refractivity contribution in [1.29, 1.82) is 0 Å². The summed E-state index contributed by atoms with van der Waals surface area (Å²) in [5.41, 5.74) is 0. The SMILES string of the molecule is CNC(C)CNCCCOC. The summed E-state index contributed by atoms with van der Waals surface area (Å²) in [5, 5.41) is 6.49. The van der Waals surface area contributed by atoms with Crippen molar-refractivity contribution in [1.82, 2.24) is 10.6 Å². The molecule has 3 nitrogen and oxygen atoms in total. The summed E-state index contributed by atoms with van der Waals surface area (Å²) < 4.78 is 4.92. The Balaban J connectivity index is 2.89. The lowest BCUT2D eigenvalue weighted by atomic mass is 10.3. The molecule has 0 aromatic heterocycles. The second kappa shape index (κ2) is 7.98. The van der Waals surface area contributed by atoms with E-state index < -0.39 is 0 Å². The highest BCUT2D eigenvalue weighted by Gasteiger charge is 1.94. The molecule has 0 bridgehead atoms. The van der Waals surface area contributed by atoms with E-state index in [0.29, 0.717) is 6.04 Å². The van der Waals surface area contributed by atoms with E-state index in [4.69, 9.17) is 4.74 Å². The van der Waals surface area contributed by atoms with Crippen molar-refractivity contribution in [2.45, 2.75) is 19.4 Å². The Labute approximate surface area is 69.5 Å². The van der Waals surface area contributed by atoms with Gasteiger partial charge in [-0.05, 0) is 26.9 Å². The van der Waals surface area contributed by atoms with Gasteiger partial charge in [0, 0.05) is 26.3 Å². The van der Waals surface area contributed by atoms with E-state index in [0.717, 1.165) is 26.1 Å². The fraction of sp³-hybridized carbons (Fsp3) is 1.00. The molecule has 0 spiro atoms. The Morgan fingerprint density at radius 1 is 1.45 bits per heavy atom. The summed E-state index contributed by atoms with van der Waals surface area (Å²) in [4.78, 5) is 0. The summed E-state index contributed by atoms with van der Waals surface area (Å²) >= 11 is 0. The summed E-state index contributed by atoms with van der Waals surface area (Å²) in [5.74, 6) is 0. The Morgan fingerprint density at radius 3 is 2.73 bits per heavy atom. The first-order chi connectivity index (χ1) is 5.31. The third-order valence-electron chi connectivity index (χ3n) is 1.65. The quantitative estimate of drug-likeness (QED) is 0.523. The highest BCUT2D eigenvalue weighted by molar-refractivity contribution is 4.59. The molecule has 0 saturated heterocycles. The maximum atomic E-state index is 4.92. The van der Waals surface area contributed by atoms with Gasteiger partial charge >= 0.3 is 0 Å². The van der Waals surface area contributed by atoms with Crippen LogP contribution in [0.5, 0.6) is 0 Å². The van der Waals surface area contributed by atoms with Crippen molar-refractivity contribution in [3.63, 3.8) is 0 Å². The molecule has 0 aromatic carbocycles. The fourth-order valence-corrected chi connectivity index (χ4v) is 0.762. The van der Waals surface area contributed by atoms with Crippen LogP contribution in [0.25, 0.3) is 0 Å². The van der Waals surface area contributed by atoms with Crippen LogP contribution in [0.15, 0.2) is 0 Å². The topological polar surface area (TPSA) is 33.3 Å². The predicted octanol–water partition coefficient (Wildman–Crippen LogP) is 0.220. The number of rotatable bonds is 7. The van der Waals surface area contributed by atoms with Gasteiger partial charge in [0.05, 0.1) is 0 Å². The van der Waals surface area contributed by atoms with E-state index in [9.17, 15) is 0 Å². The lowest BCUT2D eigenvalue weighted by Gasteiger charge is -2.10. The van der Waals surface area contributed by atoms with Crippen LogP contribution in [-0.4, -0.2) is 39.9 Å². The minimum absolute atomic E-state index is 0.553. The fourth-order valence-electron chi connectivity index (χ4n) is 0.762. The molecule has 3 heteroatoms. The second-order valence-electron chi connectivity index (χ2n) is 2.74. The molecule has 1 unspecified atom stereocenters. The maximum Gasteiger partial charge on any atom is 0.0474 e. The molecular weight excluding hydrogens is 140 g/mol. The molecule has 0 amide bonds. The van der Waals surface area contributed by atoms with E-state index >= 15 is 0 Å². The summed E-state index contributed by atoms with van der Waals surface area (Å²) in [7, 11) is 3.71. The van der Waals surface area contributed by atoms with Gasteiger partial charge in [0.2, 0.25) is 0 Å². The van der Waals surface area contributed by atoms with Crippen LogP contribution in [0.2, 0.25) is 0 Å². The van der Waals surface area contributed by atoms with Gasteiger partial charge in [0.15, 0.2) is 0 Å². The molecule has 0 rings (SSSR count). The number of nitrogens with one attached hydrogen (secondary N) is 2. The molecular formula is C8H20N2O. The monoisotopic (exact) mass is 160 g/mol. The highest BCUT2D eigenvalue weighted by Crippen LogP contribution is 1.79. The van der Waals surface area contributed by atoms with E-state index in [1.165, 1.54) is 0 Å². The van der Waals surface area contributed by atoms with Gasteiger partial charge in [-0.25, -0.2) is 0 Å². The van der Waals surface area contributed by atoms with Gasteiger partial charge in [-0.2, -0.15) is 0 Å². The lowest BCUT2D eigenvalue weighted by molar-refractivity contribution is 0.194. The number of methoxy groups -OCH3 is 1. The highest BCUT2D eigenvalue weighted by atomic mass is 16.5. The molecule has 0 saturated carbocycles. The van der Waals surface area contributed by atoms with E-state index in [2.05, 4.69) is 17.6 Å². The number of hydrogen-bond donors (Lipinski definition) is 2. The zero-order valence-electron chi connectivity index (χ0n) is 7.81. The molecule has 0 aliphatic rings. The van der Waals surface area contributed by atoms with Crippen molar-refractivity contribution in [3.05, 3.63) is 0 Å². The largest absolute Gasteiger partial charge is 0.385 e. The minimum atomic E-state index is 0.553. The Hall–Kier alpha value is -0.120. The van der Waals surface area contributed by atoms with Crippen LogP contribution < -0.4 is 10.6 Å². The first-order valence-electron chi connectivity index (χ1n) is 4.18. The third kappa shape index (κ3) is 7.78. The molecule has 68 valence electrons. The molecule has 2 N–H and O–H groups in total. The summed E-state index contributed by atoms with van der Waals surface area (Å²) in [6.07, 6.45) is 1.09. The van der Waals surface area contributed by atoms with Crippen molar-refractivity contribution >= 4 is 0 Å². The van der Waals surface area contributed by atoms with Crippen LogP contribution in [0.1, 0.15) is 13.3 Å². The van der Waals surface area contributed by atoms with Crippen LogP contribution in [-0.2, 0) is 4.74 Å². The average Bonchev–Trinajstić information content (AvgIpc) is 2.04. The number of ether oxygens (including phenoxy) is 1. The lowest BCUT2D eigenvalue weighted by Crippen LogP contribution is -2.34. The van der Waals surface area contributed by atoms with Crippen LogP contribution in [0, 0.1) is 0 Å². The zero-order valence-corrected chi connectivity index (χ0v) is 7.81. The van der Waals surface area contributed by atoms with Crippen molar-refractivity contribution in [2.24, 2.45) is 0 Å². The molecule has 11 heavy (non-hydrogen) atoms. The van der Waals surface area contributed by atoms with Crippen LogP contribution in [0.4, 0.5) is 0 Å². The van der Waals surface area contributed by atoms with Gasteiger partial charge in [-0.15, -0.1) is 0 Å². The van der Waals surface area contributed by atoms with Crippen molar-refractivity contribution in [3.8, 4) is 0 Å². The normalized spacial score (nSPS) is 13.4. The zero-order chi connectivity index (χ0) is 8.53. The second-order valence-corrected chi connectivity index (χ2v) is 2.74. The smallest absolute Gasteiger partial charge is 0.0474 e. The Kier molecular flexibility index (Phi) is 7.89. The minimum Gasteiger partial charge on any atom is -0.385 e. The van der Waals surface area contributed by atoms with E-state index in [1.54, 1.807) is 7.11 Å². The van der Waals surface area contributed by atoms with E-state index in [1.807, 2.05) is 7.05 Å². The standard InChI is InChI=1S/C8H20N2O/c1-8(9-2)7-10-5-4-6-11-3/h8-10H,4-7H2,1-3H3. The molecule has 0 aromatic rings. The molecule has 0 aliphatic heterocycles. The number of likely N-dealkylation sites (N-methyl/N-ethyl adjacent to an activating group) is 1. The summed E-state index contributed by atoms with van der Waals surface area (Å²) in [6.45, 7) is 5.07. The van der Waals surface area contributed by atoms with Gasteiger partial charge in [-0.3, -0.25) is 0 Å². The van der Waals surface area contributed by atoms with Crippen LogP contribution >= 0.6 is 0 Å². The first kappa shape index (κ1) is 10.9. The number of hydrogen-bond acceptors (Lipinski definition) is 3. The molecule has 0 aliphatic carbocycles. The van der Waals surface area contributed by atoms with Gasteiger partial charge in [0.25, 0.3) is 0 Å². The van der Waals surface area contributed by atoms with Crippen molar-refractivity contribution < 1.29 is 4.74 Å². The maximum absolute atomic E-state index is 4.92. The van der Waals surface area contributed by atoms with Gasteiger partial charge in [-0.1, -0.05) is 0 Å². The summed E-state index contributed by atoms with van der Waals surface area (Å²) in [6, 6.07) is 0.553. The van der Waals surface area contributed by atoms with E-state index in [-0.39, 0.29) is 0 Å². The first-order valence-corrected chi connectivity index (χ1v) is 4.18. The predicted molar refractivity (Wildman–Crippen MR) is 47.9 cm³/mol. The van der Waals surface area contributed by atoms with Crippen LogP contribution in [0.3, 0.4) is 0 Å². The van der Waals surface area contributed by atoms with Gasteiger partial charge in [0.1, 0.15) is 0 Å². The third-order valence-corrected chi connectivity index (χ3v) is 1.65. The van der Waals surface area contributed by atoms with Gasteiger partial charge < -0.3 is 15.4 Å². The molecule has 0 radical (unpaired) electrons. The molecule has 0 heterocycles. The molecule has 0 fully saturated rings. The Bertz CT molecular complexity index is 78.5. The average molecular weight is 160 g/mol. The molecule has 1 atom stereocenters. The Morgan fingerprint density at radius 2 is 2.18 bits per heavy atom.